The van der Waals surface area contributed by atoms with Gasteiger partial charge in [0, 0.05) is 0 Å². The Labute approximate surface area is 156 Å². The average Bonchev–Trinajstić information content (AvgIpc) is 2.60. The smallest absolute Gasteiger partial charge is 0.277 e. The Morgan fingerprint density at radius 2 is 1.77 bits per heavy atom. The largest absolute Gasteiger partial charge is 0.483 e. The van der Waals surface area contributed by atoms with Crippen molar-refractivity contribution in [1.29, 1.82) is 0 Å². The third kappa shape index (κ3) is 5.73. The minimum atomic E-state index is -0.281. The van der Waals surface area contributed by atoms with Gasteiger partial charge in [0.25, 0.3) is 5.91 Å². The van der Waals surface area contributed by atoms with Gasteiger partial charge in [-0.1, -0.05) is 64.1 Å². The van der Waals surface area contributed by atoms with Gasteiger partial charge < -0.3 is 4.74 Å². The summed E-state index contributed by atoms with van der Waals surface area (Å²) in [5, 5.41) is 4.00. The van der Waals surface area contributed by atoms with Gasteiger partial charge in [-0.15, -0.1) is 0 Å². The first-order valence-electron chi connectivity index (χ1n) is 9.02. The van der Waals surface area contributed by atoms with Gasteiger partial charge in [-0.05, 0) is 47.1 Å². The quantitative estimate of drug-likeness (QED) is 0.576. The summed E-state index contributed by atoms with van der Waals surface area (Å²) in [6.07, 6.45) is 1.63. The molecule has 0 radical (unpaired) electrons. The Morgan fingerprint density at radius 1 is 1.08 bits per heavy atom. The fourth-order valence-electron chi connectivity index (χ4n) is 2.56. The highest BCUT2D eigenvalue weighted by Gasteiger charge is 2.10. The Kier molecular flexibility index (Phi) is 6.96. The highest BCUT2D eigenvalue weighted by atomic mass is 16.5. The van der Waals surface area contributed by atoms with Crippen LogP contribution in [0.1, 0.15) is 61.8 Å². The third-order valence-corrected chi connectivity index (χ3v) is 4.16. The summed E-state index contributed by atoms with van der Waals surface area (Å²) < 4.78 is 5.70. The summed E-state index contributed by atoms with van der Waals surface area (Å²) in [7, 11) is 0. The number of hydrazone groups is 1. The fraction of sp³-hybridized carbons (Fsp3) is 0.364. The zero-order chi connectivity index (χ0) is 19.1. The molecular weight excluding hydrogens is 324 g/mol. The standard InChI is InChI=1S/C22H28N2O2/c1-15(2)19-9-7-18(8-10-19)13-23-24-22(25)14-26-21-12-17(5)6-11-20(21)16(3)4/h6-13,15-16H,14H2,1-5H3,(H,24,25)/b23-13-. The molecule has 1 amide bonds. The van der Waals surface area contributed by atoms with Gasteiger partial charge in [0.2, 0.25) is 0 Å². The van der Waals surface area contributed by atoms with Crippen LogP contribution in [0, 0.1) is 6.92 Å². The summed E-state index contributed by atoms with van der Waals surface area (Å²) in [5.74, 6) is 1.30. The molecule has 1 N–H and O–H groups in total. The second kappa shape index (κ2) is 9.18. The molecule has 2 rings (SSSR count). The minimum Gasteiger partial charge on any atom is -0.483 e. The average molecular weight is 352 g/mol. The summed E-state index contributed by atoms with van der Waals surface area (Å²) in [6, 6.07) is 14.2. The van der Waals surface area contributed by atoms with E-state index in [9.17, 15) is 4.79 Å². The molecule has 4 nitrogen and oxygen atoms in total. The van der Waals surface area contributed by atoms with E-state index in [4.69, 9.17) is 4.74 Å². The van der Waals surface area contributed by atoms with Gasteiger partial charge in [-0.25, -0.2) is 5.43 Å². The minimum absolute atomic E-state index is 0.0627. The molecule has 0 atom stereocenters. The van der Waals surface area contributed by atoms with Crippen molar-refractivity contribution >= 4 is 12.1 Å². The number of carbonyl (C=O) groups excluding carboxylic acids is 1. The zero-order valence-corrected chi connectivity index (χ0v) is 16.2. The summed E-state index contributed by atoms with van der Waals surface area (Å²) in [6.45, 7) is 10.5. The van der Waals surface area contributed by atoms with Crippen LogP contribution in [0.5, 0.6) is 5.75 Å². The molecule has 0 unspecified atom stereocenters. The van der Waals surface area contributed by atoms with Crippen molar-refractivity contribution in [2.45, 2.75) is 46.5 Å². The van der Waals surface area contributed by atoms with Crippen LogP contribution in [-0.4, -0.2) is 18.7 Å². The maximum absolute atomic E-state index is 12.0. The fourth-order valence-corrected chi connectivity index (χ4v) is 2.56. The second-order valence-corrected chi connectivity index (χ2v) is 7.10. The number of hydrogen-bond acceptors (Lipinski definition) is 3. The van der Waals surface area contributed by atoms with E-state index >= 15 is 0 Å². The number of hydrogen-bond donors (Lipinski definition) is 1. The Balaban J connectivity index is 1.88. The van der Waals surface area contributed by atoms with Crippen molar-refractivity contribution in [3.8, 4) is 5.75 Å². The molecular formula is C22H28N2O2. The number of rotatable bonds is 7. The highest BCUT2D eigenvalue weighted by molar-refractivity contribution is 5.83. The molecule has 0 fully saturated rings. The monoisotopic (exact) mass is 352 g/mol. The number of benzene rings is 2. The van der Waals surface area contributed by atoms with Gasteiger partial charge in [-0.2, -0.15) is 5.10 Å². The molecule has 0 aliphatic carbocycles. The predicted molar refractivity (Wildman–Crippen MR) is 107 cm³/mol. The normalized spacial score (nSPS) is 11.3. The predicted octanol–water partition coefficient (Wildman–Crippen LogP) is 4.77. The third-order valence-electron chi connectivity index (χ3n) is 4.16. The van der Waals surface area contributed by atoms with Crippen LogP contribution in [0.3, 0.4) is 0 Å². The van der Waals surface area contributed by atoms with Crippen LogP contribution in [0.25, 0.3) is 0 Å². The van der Waals surface area contributed by atoms with Crippen molar-refractivity contribution in [2.24, 2.45) is 5.10 Å². The summed E-state index contributed by atoms with van der Waals surface area (Å²) in [4.78, 5) is 12.0. The molecule has 26 heavy (non-hydrogen) atoms. The maximum atomic E-state index is 12.0. The van der Waals surface area contributed by atoms with Gasteiger partial charge >= 0.3 is 0 Å². The van der Waals surface area contributed by atoms with Crippen LogP contribution in [-0.2, 0) is 4.79 Å². The molecule has 0 aliphatic rings. The van der Waals surface area contributed by atoms with Gasteiger partial charge in [0.05, 0.1) is 6.21 Å². The van der Waals surface area contributed by atoms with E-state index in [1.165, 1.54) is 5.56 Å². The molecule has 0 aromatic heterocycles. The molecule has 4 heteroatoms. The first-order chi connectivity index (χ1) is 12.4. The van der Waals surface area contributed by atoms with Gasteiger partial charge in [0.1, 0.15) is 5.75 Å². The number of ether oxygens (including phenoxy) is 1. The summed E-state index contributed by atoms with van der Waals surface area (Å²) in [5.41, 5.74) is 6.92. The topological polar surface area (TPSA) is 50.7 Å². The van der Waals surface area contributed by atoms with Gasteiger partial charge in [-0.3, -0.25) is 4.79 Å². The van der Waals surface area contributed by atoms with Crippen molar-refractivity contribution < 1.29 is 9.53 Å². The molecule has 0 heterocycles. The van der Waals surface area contributed by atoms with Crippen LogP contribution in [0.2, 0.25) is 0 Å². The number of amides is 1. The Morgan fingerprint density at radius 3 is 2.38 bits per heavy atom. The Bertz CT molecular complexity index is 762. The molecule has 2 aromatic rings. The second-order valence-electron chi connectivity index (χ2n) is 7.10. The lowest BCUT2D eigenvalue weighted by atomic mass is 10.0. The molecule has 0 saturated carbocycles. The van der Waals surface area contributed by atoms with E-state index in [-0.39, 0.29) is 12.5 Å². The lowest BCUT2D eigenvalue weighted by Crippen LogP contribution is -2.25. The first-order valence-corrected chi connectivity index (χ1v) is 9.02. The number of carbonyl (C=O) groups is 1. The molecule has 0 aliphatic heterocycles. The summed E-state index contributed by atoms with van der Waals surface area (Å²) >= 11 is 0. The lowest BCUT2D eigenvalue weighted by molar-refractivity contribution is -0.123. The molecule has 0 saturated heterocycles. The van der Waals surface area contributed by atoms with E-state index in [2.05, 4.69) is 56.4 Å². The van der Waals surface area contributed by atoms with Crippen molar-refractivity contribution in [2.75, 3.05) is 6.61 Å². The van der Waals surface area contributed by atoms with E-state index in [1.807, 2.05) is 31.2 Å². The van der Waals surface area contributed by atoms with Gasteiger partial charge in [0.15, 0.2) is 6.61 Å². The number of nitrogens with zero attached hydrogens (tertiary/aromatic N) is 1. The first kappa shape index (κ1) is 19.7. The molecule has 0 bridgehead atoms. The van der Waals surface area contributed by atoms with Crippen LogP contribution >= 0.6 is 0 Å². The SMILES string of the molecule is Cc1ccc(C(C)C)c(OCC(=O)N/N=C\c2ccc(C(C)C)cc2)c1. The van der Waals surface area contributed by atoms with Crippen LogP contribution in [0.15, 0.2) is 47.6 Å². The van der Waals surface area contributed by atoms with Crippen molar-refractivity contribution in [3.63, 3.8) is 0 Å². The van der Waals surface area contributed by atoms with E-state index < -0.39 is 0 Å². The maximum Gasteiger partial charge on any atom is 0.277 e. The Hall–Kier alpha value is -2.62. The zero-order valence-electron chi connectivity index (χ0n) is 16.2. The molecule has 0 spiro atoms. The van der Waals surface area contributed by atoms with Crippen molar-refractivity contribution in [3.05, 3.63) is 64.7 Å². The van der Waals surface area contributed by atoms with E-state index in [0.29, 0.717) is 11.8 Å². The molecule has 2 aromatic carbocycles. The number of nitrogens with one attached hydrogen (secondary N) is 1. The van der Waals surface area contributed by atoms with Crippen LogP contribution < -0.4 is 10.2 Å². The van der Waals surface area contributed by atoms with Crippen molar-refractivity contribution in [1.82, 2.24) is 5.43 Å². The van der Waals surface area contributed by atoms with Crippen LogP contribution in [0.4, 0.5) is 0 Å². The number of aryl methyl sites for hydroxylation is 1. The van der Waals surface area contributed by atoms with E-state index in [0.717, 1.165) is 22.4 Å². The van der Waals surface area contributed by atoms with E-state index in [1.54, 1.807) is 6.21 Å². The lowest BCUT2D eigenvalue weighted by Gasteiger charge is -2.14. The molecule has 138 valence electrons. The highest BCUT2D eigenvalue weighted by Crippen LogP contribution is 2.27.